The Hall–Kier alpha value is -2.53. The molecule has 0 heterocycles. The summed E-state index contributed by atoms with van der Waals surface area (Å²) in [5.74, 6) is 1.48. The molecule has 0 radical (unpaired) electrons. The molecule has 0 fully saturated rings. The summed E-state index contributed by atoms with van der Waals surface area (Å²) in [5, 5.41) is 14.2. The largest absolute Gasteiger partial charge is 0.457 e. The second-order valence-electron chi connectivity index (χ2n) is 4.97. The quantitative estimate of drug-likeness (QED) is 0.768. The molecule has 1 atom stereocenters. The van der Waals surface area contributed by atoms with Crippen LogP contribution in [0.5, 0.6) is 11.5 Å². The summed E-state index contributed by atoms with van der Waals surface area (Å²) in [6.07, 6.45) is 0. The Labute approximate surface area is 129 Å². The van der Waals surface area contributed by atoms with Gasteiger partial charge in [-0.1, -0.05) is 30.3 Å². The number of rotatable bonds is 6. The van der Waals surface area contributed by atoms with Gasteiger partial charge in [0.25, 0.3) is 0 Å². The van der Waals surface area contributed by atoms with Crippen molar-refractivity contribution in [3.8, 4) is 11.5 Å². The first-order chi connectivity index (χ1) is 10.7. The molecule has 5 heteroatoms. The molecule has 0 aliphatic carbocycles. The molecule has 0 saturated carbocycles. The lowest BCUT2D eigenvalue weighted by molar-refractivity contribution is 0.220. The van der Waals surface area contributed by atoms with Gasteiger partial charge >= 0.3 is 6.03 Å². The van der Waals surface area contributed by atoms with Crippen molar-refractivity contribution < 1.29 is 14.6 Å². The molecule has 0 aromatic heterocycles. The van der Waals surface area contributed by atoms with Gasteiger partial charge in [-0.15, -0.1) is 0 Å². The molecule has 0 aliphatic rings. The van der Waals surface area contributed by atoms with Crippen molar-refractivity contribution in [1.82, 2.24) is 10.6 Å². The Kier molecular flexibility index (Phi) is 5.80. The number of para-hydroxylation sites is 1. The number of hydrogen-bond acceptors (Lipinski definition) is 3. The van der Waals surface area contributed by atoms with Crippen LogP contribution in [-0.4, -0.2) is 23.8 Å². The third kappa shape index (κ3) is 5.10. The minimum absolute atomic E-state index is 0.0895. The minimum Gasteiger partial charge on any atom is -0.457 e. The highest BCUT2D eigenvalue weighted by Gasteiger charge is 2.05. The number of carbonyl (C=O) groups is 1. The van der Waals surface area contributed by atoms with E-state index in [0.29, 0.717) is 6.54 Å². The van der Waals surface area contributed by atoms with Gasteiger partial charge in [0.05, 0.1) is 12.6 Å². The van der Waals surface area contributed by atoms with Crippen molar-refractivity contribution >= 4 is 6.03 Å². The molecule has 0 aliphatic heterocycles. The van der Waals surface area contributed by atoms with E-state index in [4.69, 9.17) is 9.84 Å². The van der Waals surface area contributed by atoms with Gasteiger partial charge in [0.1, 0.15) is 11.5 Å². The molecular formula is C17H20N2O3. The number of ether oxygens (including phenoxy) is 1. The zero-order chi connectivity index (χ0) is 15.8. The van der Waals surface area contributed by atoms with Gasteiger partial charge < -0.3 is 20.5 Å². The third-order valence-electron chi connectivity index (χ3n) is 2.98. The van der Waals surface area contributed by atoms with E-state index in [1.54, 1.807) is 6.92 Å². The van der Waals surface area contributed by atoms with Crippen LogP contribution in [0.4, 0.5) is 4.79 Å². The summed E-state index contributed by atoms with van der Waals surface area (Å²) in [4.78, 5) is 11.6. The number of carbonyl (C=O) groups excluding carboxylic acids is 1. The maximum absolute atomic E-state index is 11.6. The molecule has 5 nitrogen and oxygen atoms in total. The molecule has 0 saturated heterocycles. The number of amides is 2. The Balaban J connectivity index is 1.90. The van der Waals surface area contributed by atoms with Crippen molar-refractivity contribution in [1.29, 1.82) is 0 Å². The van der Waals surface area contributed by atoms with Crippen LogP contribution < -0.4 is 15.4 Å². The monoisotopic (exact) mass is 300 g/mol. The standard InChI is InChI=1S/C17H20N2O3/c1-13(12-20)19-17(21)18-11-14-6-5-9-16(10-14)22-15-7-3-2-4-8-15/h2-10,13,20H,11-12H2,1H3,(H2,18,19,21)/t13-/m0/s1. The van der Waals surface area contributed by atoms with Gasteiger partial charge in [0.2, 0.25) is 0 Å². The third-order valence-corrected chi connectivity index (χ3v) is 2.98. The predicted molar refractivity (Wildman–Crippen MR) is 84.9 cm³/mol. The Morgan fingerprint density at radius 1 is 1.14 bits per heavy atom. The lowest BCUT2D eigenvalue weighted by atomic mass is 10.2. The van der Waals surface area contributed by atoms with E-state index in [2.05, 4.69) is 10.6 Å². The average molecular weight is 300 g/mol. The zero-order valence-electron chi connectivity index (χ0n) is 12.5. The first kappa shape index (κ1) is 15.9. The molecule has 22 heavy (non-hydrogen) atoms. The fourth-order valence-corrected chi connectivity index (χ4v) is 1.85. The van der Waals surface area contributed by atoms with Crippen LogP contribution in [0.25, 0.3) is 0 Å². The summed E-state index contributed by atoms with van der Waals surface area (Å²) < 4.78 is 5.75. The number of benzene rings is 2. The molecule has 0 spiro atoms. The topological polar surface area (TPSA) is 70.6 Å². The highest BCUT2D eigenvalue weighted by molar-refractivity contribution is 5.74. The van der Waals surface area contributed by atoms with E-state index >= 15 is 0 Å². The van der Waals surface area contributed by atoms with Crippen LogP contribution >= 0.6 is 0 Å². The highest BCUT2D eigenvalue weighted by atomic mass is 16.5. The number of aliphatic hydroxyl groups excluding tert-OH is 1. The van der Waals surface area contributed by atoms with E-state index < -0.39 is 0 Å². The van der Waals surface area contributed by atoms with E-state index in [0.717, 1.165) is 17.1 Å². The lowest BCUT2D eigenvalue weighted by Gasteiger charge is -2.12. The van der Waals surface area contributed by atoms with Gasteiger partial charge in [0, 0.05) is 6.54 Å². The lowest BCUT2D eigenvalue weighted by Crippen LogP contribution is -2.41. The molecule has 2 aromatic carbocycles. The van der Waals surface area contributed by atoms with E-state index in [1.807, 2.05) is 54.6 Å². The van der Waals surface area contributed by atoms with Crippen molar-refractivity contribution in [2.24, 2.45) is 0 Å². The maximum Gasteiger partial charge on any atom is 0.315 e. The molecular weight excluding hydrogens is 280 g/mol. The van der Waals surface area contributed by atoms with Crippen molar-refractivity contribution in [3.63, 3.8) is 0 Å². The number of nitrogens with one attached hydrogen (secondary N) is 2. The highest BCUT2D eigenvalue weighted by Crippen LogP contribution is 2.21. The summed E-state index contributed by atoms with van der Waals surface area (Å²) in [6.45, 7) is 2.03. The van der Waals surface area contributed by atoms with Crippen LogP contribution in [-0.2, 0) is 6.54 Å². The minimum atomic E-state index is -0.309. The predicted octanol–water partition coefficient (Wildman–Crippen LogP) is 2.66. The van der Waals surface area contributed by atoms with Crippen LogP contribution in [0.15, 0.2) is 54.6 Å². The first-order valence-electron chi connectivity index (χ1n) is 7.14. The average Bonchev–Trinajstić information content (AvgIpc) is 2.54. The number of urea groups is 1. The second kappa shape index (κ2) is 8.05. The van der Waals surface area contributed by atoms with Crippen molar-refractivity contribution in [2.75, 3.05) is 6.61 Å². The summed E-state index contributed by atoms with van der Waals surface area (Å²) >= 11 is 0. The van der Waals surface area contributed by atoms with Crippen molar-refractivity contribution in [3.05, 3.63) is 60.2 Å². The second-order valence-corrected chi connectivity index (χ2v) is 4.97. The SMILES string of the molecule is C[C@@H](CO)NC(=O)NCc1cccc(Oc2ccccc2)c1. The summed E-state index contributed by atoms with van der Waals surface area (Å²) in [7, 11) is 0. The molecule has 2 rings (SSSR count). The Morgan fingerprint density at radius 3 is 2.59 bits per heavy atom. The van der Waals surface area contributed by atoms with E-state index in [-0.39, 0.29) is 18.7 Å². The fraction of sp³-hybridized carbons (Fsp3) is 0.235. The number of hydrogen-bond donors (Lipinski definition) is 3. The molecule has 116 valence electrons. The fourth-order valence-electron chi connectivity index (χ4n) is 1.85. The van der Waals surface area contributed by atoms with Gasteiger partial charge in [-0.3, -0.25) is 0 Å². The number of aliphatic hydroxyl groups is 1. The Morgan fingerprint density at radius 2 is 1.86 bits per heavy atom. The molecule has 2 amide bonds. The van der Waals surface area contributed by atoms with Gasteiger partial charge in [-0.25, -0.2) is 4.79 Å². The molecule has 0 bridgehead atoms. The van der Waals surface area contributed by atoms with Gasteiger partial charge in [-0.2, -0.15) is 0 Å². The van der Waals surface area contributed by atoms with Crippen molar-refractivity contribution in [2.45, 2.75) is 19.5 Å². The van der Waals surface area contributed by atoms with Crippen LogP contribution in [0.2, 0.25) is 0 Å². The normalized spacial score (nSPS) is 11.5. The van der Waals surface area contributed by atoms with E-state index in [1.165, 1.54) is 0 Å². The zero-order valence-corrected chi connectivity index (χ0v) is 12.5. The molecule has 3 N–H and O–H groups in total. The van der Waals surface area contributed by atoms with Gasteiger partial charge in [-0.05, 0) is 36.8 Å². The van der Waals surface area contributed by atoms with Crippen LogP contribution in [0.3, 0.4) is 0 Å². The smallest absolute Gasteiger partial charge is 0.315 e. The molecule has 0 unspecified atom stereocenters. The van der Waals surface area contributed by atoms with E-state index in [9.17, 15) is 4.79 Å². The first-order valence-corrected chi connectivity index (χ1v) is 7.14. The maximum atomic E-state index is 11.6. The summed E-state index contributed by atoms with van der Waals surface area (Å²) in [5.41, 5.74) is 0.931. The van der Waals surface area contributed by atoms with Crippen LogP contribution in [0.1, 0.15) is 12.5 Å². The summed E-state index contributed by atoms with van der Waals surface area (Å²) in [6, 6.07) is 16.5. The van der Waals surface area contributed by atoms with Gasteiger partial charge in [0.15, 0.2) is 0 Å². The molecule has 2 aromatic rings. The van der Waals surface area contributed by atoms with Crippen LogP contribution in [0, 0.1) is 0 Å². The Bertz CT molecular complexity index is 602.